The highest BCUT2D eigenvalue weighted by molar-refractivity contribution is 5.29. The fourth-order valence-electron chi connectivity index (χ4n) is 3.49. The van der Waals surface area contributed by atoms with Gasteiger partial charge in [0.05, 0.1) is 18.8 Å². The topological polar surface area (TPSA) is 52.9 Å². The van der Waals surface area contributed by atoms with Gasteiger partial charge in [-0.05, 0) is 49.8 Å². The average Bonchev–Trinajstić information content (AvgIpc) is 3.09. The van der Waals surface area contributed by atoms with E-state index in [-0.39, 0.29) is 18.8 Å². The molecule has 0 amide bonds. The number of rotatable bonds is 5. The van der Waals surface area contributed by atoms with E-state index >= 15 is 0 Å². The standard InChI is InChI=1S/C17H25NO3/c19-12-14-9-15(20)11-18(14)10-13-4-3-7-17(8-13)21-16-5-1-2-6-16/h3-4,7-8,14-16,19-20H,1-2,5-6,9-12H2/t14-,15+/m0/s1. The predicted octanol–water partition coefficient (Wildman–Crippen LogP) is 1.94. The zero-order chi connectivity index (χ0) is 14.7. The maximum Gasteiger partial charge on any atom is 0.120 e. The van der Waals surface area contributed by atoms with Crippen LogP contribution in [0.1, 0.15) is 37.7 Å². The van der Waals surface area contributed by atoms with Crippen molar-refractivity contribution in [2.24, 2.45) is 0 Å². The Hall–Kier alpha value is -1.10. The van der Waals surface area contributed by atoms with E-state index in [0.717, 1.165) is 25.1 Å². The van der Waals surface area contributed by atoms with Gasteiger partial charge in [0.1, 0.15) is 5.75 Å². The fourth-order valence-corrected chi connectivity index (χ4v) is 3.49. The molecule has 1 saturated carbocycles. The molecule has 1 saturated heterocycles. The highest BCUT2D eigenvalue weighted by atomic mass is 16.5. The van der Waals surface area contributed by atoms with E-state index in [1.54, 1.807) is 0 Å². The Kier molecular flexibility index (Phi) is 4.78. The second kappa shape index (κ2) is 6.77. The van der Waals surface area contributed by atoms with Crippen LogP contribution in [0.4, 0.5) is 0 Å². The molecule has 1 aliphatic carbocycles. The molecular formula is C17H25NO3. The second-order valence-electron chi connectivity index (χ2n) is 6.33. The molecule has 2 aliphatic rings. The Bertz CT molecular complexity index is 459. The van der Waals surface area contributed by atoms with Crippen LogP contribution in [0, 0.1) is 0 Å². The molecule has 0 aromatic heterocycles. The van der Waals surface area contributed by atoms with E-state index in [1.807, 2.05) is 12.1 Å². The lowest BCUT2D eigenvalue weighted by Crippen LogP contribution is -2.31. The average molecular weight is 291 g/mol. The number of benzene rings is 1. The Morgan fingerprint density at radius 2 is 2.05 bits per heavy atom. The van der Waals surface area contributed by atoms with Crippen molar-refractivity contribution in [3.63, 3.8) is 0 Å². The number of likely N-dealkylation sites (tertiary alicyclic amines) is 1. The van der Waals surface area contributed by atoms with Gasteiger partial charge >= 0.3 is 0 Å². The summed E-state index contributed by atoms with van der Waals surface area (Å²) in [6.07, 6.45) is 5.58. The molecule has 2 fully saturated rings. The zero-order valence-electron chi connectivity index (χ0n) is 12.4. The number of hydrogen-bond donors (Lipinski definition) is 2. The number of nitrogens with zero attached hydrogens (tertiary/aromatic N) is 1. The van der Waals surface area contributed by atoms with Gasteiger partial charge in [0.15, 0.2) is 0 Å². The lowest BCUT2D eigenvalue weighted by molar-refractivity contribution is 0.149. The summed E-state index contributed by atoms with van der Waals surface area (Å²) in [6.45, 7) is 1.50. The van der Waals surface area contributed by atoms with Crippen LogP contribution < -0.4 is 4.74 Å². The molecule has 0 unspecified atom stereocenters. The molecule has 1 aromatic rings. The van der Waals surface area contributed by atoms with Crippen LogP contribution in [-0.2, 0) is 6.54 Å². The minimum absolute atomic E-state index is 0.0689. The van der Waals surface area contributed by atoms with E-state index < -0.39 is 0 Å². The van der Waals surface area contributed by atoms with Gasteiger partial charge < -0.3 is 14.9 Å². The maximum atomic E-state index is 9.75. The molecule has 2 atom stereocenters. The molecule has 0 spiro atoms. The molecular weight excluding hydrogens is 266 g/mol. The van der Waals surface area contributed by atoms with Crippen molar-refractivity contribution in [2.45, 2.75) is 56.9 Å². The Labute approximate surface area is 126 Å². The number of β-amino-alcohol motifs (C(OH)–C–C–N with tert-alkyl or cyclic N) is 1. The summed E-state index contributed by atoms with van der Waals surface area (Å²) >= 11 is 0. The van der Waals surface area contributed by atoms with Gasteiger partial charge in [0.25, 0.3) is 0 Å². The fraction of sp³-hybridized carbons (Fsp3) is 0.647. The molecule has 0 radical (unpaired) electrons. The first-order valence-corrected chi connectivity index (χ1v) is 8.03. The first-order chi connectivity index (χ1) is 10.2. The van der Waals surface area contributed by atoms with Crippen LogP contribution in [0.15, 0.2) is 24.3 Å². The molecule has 2 N–H and O–H groups in total. The largest absolute Gasteiger partial charge is 0.490 e. The van der Waals surface area contributed by atoms with Crippen molar-refractivity contribution in [3.05, 3.63) is 29.8 Å². The maximum absolute atomic E-state index is 9.75. The van der Waals surface area contributed by atoms with Crippen LogP contribution in [0.25, 0.3) is 0 Å². The van der Waals surface area contributed by atoms with E-state index in [0.29, 0.717) is 19.1 Å². The lowest BCUT2D eigenvalue weighted by atomic mass is 10.1. The highest BCUT2D eigenvalue weighted by Crippen LogP contribution is 2.26. The molecule has 116 valence electrons. The molecule has 4 nitrogen and oxygen atoms in total. The third-order valence-corrected chi connectivity index (χ3v) is 4.61. The van der Waals surface area contributed by atoms with E-state index in [2.05, 4.69) is 17.0 Å². The summed E-state index contributed by atoms with van der Waals surface area (Å²) in [4.78, 5) is 2.15. The molecule has 1 aliphatic heterocycles. The third-order valence-electron chi connectivity index (χ3n) is 4.61. The summed E-state index contributed by atoms with van der Waals surface area (Å²) < 4.78 is 6.04. The molecule has 3 rings (SSSR count). The number of aliphatic hydroxyl groups is 2. The first kappa shape index (κ1) is 14.8. The summed E-state index contributed by atoms with van der Waals surface area (Å²) in [5.74, 6) is 0.944. The third kappa shape index (κ3) is 3.76. The van der Waals surface area contributed by atoms with Gasteiger partial charge in [-0.3, -0.25) is 4.90 Å². The van der Waals surface area contributed by atoms with E-state index in [9.17, 15) is 10.2 Å². The van der Waals surface area contributed by atoms with Gasteiger partial charge in [0, 0.05) is 19.1 Å². The molecule has 1 aromatic carbocycles. The summed E-state index contributed by atoms with van der Waals surface area (Å²) in [7, 11) is 0. The van der Waals surface area contributed by atoms with Crippen molar-refractivity contribution in [1.82, 2.24) is 4.90 Å². The van der Waals surface area contributed by atoms with Crippen molar-refractivity contribution in [2.75, 3.05) is 13.2 Å². The van der Waals surface area contributed by atoms with Crippen molar-refractivity contribution >= 4 is 0 Å². The van der Waals surface area contributed by atoms with Crippen molar-refractivity contribution in [1.29, 1.82) is 0 Å². The van der Waals surface area contributed by atoms with Crippen LogP contribution >= 0.6 is 0 Å². The molecule has 21 heavy (non-hydrogen) atoms. The number of aliphatic hydroxyl groups excluding tert-OH is 2. The van der Waals surface area contributed by atoms with Crippen molar-refractivity contribution in [3.8, 4) is 5.75 Å². The van der Waals surface area contributed by atoms with Gasteiger partial charge in [0.2, 0.25) is 0 Å². The number of ether oxygens (including phenoxy) is 1. The lowest BCUT2D eigenvalue weighted by Gasteiger charge is -2.22. The van der Waals surface area contributed by atoms with Crippen LogP contribution in [0.5, 0.6) is 5.75 Å². The minimum atomic E-state index is -0.319. The van der Waals surface area contributed by atoms with E-state index in [1.165, 1.54) is 18.4 Å². The minimum Gasteiger partial charge on any atom is -0.490 e. The van der Waals surface area contributed by atoms with Crippen LogP contribution in [0.2, 0.25) is 0 Å². The molecule has 0 bridgehead atoms. The first-order valence-electron chi connectivity index (χ1n) is 8.03. The SMILES string of the molecule is OC[C@@H]1C[C@@H](O)CN1Cc1cccc(OC2CCCC2)c1. The zero-order valence-corrected chi connectivity index (χ0v) is 12.4. The Balaban J connectivity index is 1.62. The van der Waals surface area contributed by atoms with Gasteiger partial charge in [-0.2, -0.15) is 0 Å². The smallest absolute Gasteiger partial charge is 0.120 e. The van der Waals surface area contributed by atoms with Gasteiger partial charge in [-0.1, -0.05) is 12.1 Å². The summed E-state index contributed by atoms with van der Waals surface area (Å²) in [5.41, 5.74) is 1.18. The van der Waals surface area contributed by atoms with Gasteiger partial charge in [-0.25, -0.2) is 0 Å². The number of hydrogen-bond acceptors (Lipinski definition) is 4. The van der Waals surface area contributed by atoms with Crippen LogP contribution in [-0.4, -0.2) is 46.5 Å². The quantitative estimate of drug-likeness (QED) is 0.870. The second-order valence-corrected chi connectivity index (χ2v) is 6.33. The highest BCUT2D eigenvalue weighted by Gasteiger charge is 2.30. The van der Waals surface area contributed by atoms with E-state index in [4.69, 9.17) is 4.74 Å². The normalized spacial score (nSPS) is 27.3. The molecule has 1 heterocycles. The Morgan fingerprint density at radius 3 is 2.81 bits per heavy atom. The monoisotopic (exact) mass is 291 g/mol. The summed E-state index contributed by atoms with van der Waals surface area (Å²) in [6, 6.07) is 8.29. The molecule has 4 heteroatoms. The van der Waals surface area contributed by atoms with Gasteiger partial charge in [-0.15, -0.1) is 0 Å². The van der Waals surface area contributed by atoms with Crippen LogP contribution in [0.3, 0.4) is 0 Å². The van der Waals surface area contributed by atoms with Crippen molar-refractivity contribution < 1.29 is 14.9 Å². The predicted molar refractivity (Wildman–Crippen MR) is 81.2 cm³/mol. The summed E-state index contributed by atoms with van der Waals surface area (Å²) in [5, 5.41) is 19.1. The Morgan fingerprint density at radius 1 is 1.24 bits per heavy atom.